The van der Waals surface area contributed by atoms with E-state index in [1.54, 1.807) is 6.07 Å². The largest absolute Gasteiger partial charge is 0.491 e. The van der Waals surface area contributed by atoms with E-state index < -0.39 is 5.91 Å². The molecule has 1 atom stereocenters. The van der Waals surface area contributed by atoms with Crippen molar-refractivity contribution >= 4 is 17.7 Å². The molecular weight excluding hydrogens is 344 g/mol. The van der Waals surface area contributed by atoms with Crippen molar-refractivity contribution in [3.8, 4) is 5.75 Å². The third-order valence-corrected chi connectivity index (χ3v) is 4.45. The lowest BCUT2D eigenvalue weighted by Gasteiger charge is -2.16. The topological polar surface area (TPSA) is 75.7 Å². The Balaban J connectivity index is 1.72. The first kappa shape index (κ1) is 18.6. The van der Waals surface area contributed by atoms with E-state index >= 15 is 0 Å². The highest BCUT2D eigenvalue weighted by Gasteiger charge is 2.33. The van der Waals surface area contributed by atoms with Crippen LogP contribution in [0.3, 0.4) is 0 Å². The fourth-order valence-electron chi connectivity index (χ4n) is 2.97. The molecule has 2 aromatic carbocycles. The van der Waals surface area contributed by atoms with Gasteiger partial charge in [0, 0.05) is 12.6 Å². The normalized spacial score (nSPS) is 14.3. The number of imide groups is 1. The van der Waals surface area contributed by atoms with Gasteiger partial charge in [0.25, 0.3) is 17.7 Å². The van der Waals surface area contributed by atoms with Gasteiger partial charge in [-0.25, -0.2) is 0 Å². The van der Waals surface area contributed by atoms with Crippen LogP contribution in [0.15, 0.2) is 42.5 Å². The minimum atomic E-state index is -0.390. The molecule has 0 saturated carbocycles. The minimum Gasteiger partial charge on any atom is -0.491 e. The van der Waals surface area contributed by atoms with Crippen LogP contribution in [0.4, 0.5) is 0 Å². The third kappa shape index (κ3) is 3.69. The molecule has 0 aromatic heterocycles. The molecule has 1 aliphatic heterocycles. The zero-order chi connectivity index (χ0) is 19.7. The van der Waals surface area contributed by atoms with Crippen molar-refractivity contribution < 1.29 is 19.1 Å². The second-order valence-electron chi connectivity index (χ2n) is 6.86. The summed E-state index contributed by atoms with van der Waals surface area (Å²) >= 11 is 0. The Morgan fingerprint density at radius 1 is 0.963 bits per heavy atom. The van der Waals surface area contributed by atoms with Gasteiger partial charge in [0.05, 0.1) is 23.3 Å². The number of amides is 3. The molecule has 0 aliphatic carbocycles. The molecule has 140 valence electrons. The molecule has 1 heterocycles. The van der Waals surface area contributed by atoms with Crippen LogP contribution in [0.5, 0.6) is 5.75 Å². The quantitative estimate of drug-likeness (QED) is 0.825. The first-order valence-electron chi connectivity index (χ1n) is 8.82. The van der Waals surface area contributed by atoms with Crippen LogP contribution in [0.1, 0.15) is 63.5 Å². The van der Waals surface area contributed by atoms with Gasteiger partial charge >= 0.3 is 0 Å². The molecule has 0 spiro atoms. The number of fused-ring (bicyclic) bond motifs is 1. The highest BCUT2D eigenvalue weighted by atomic mass is 16.5. The van der Waals surface area contributed by atoms with Gasteiger partial charge in [-0.3, -0.25) is 19.3 Å². The summed E-state index contributed by atoms with van der Waals surface area (Å²) in [5.74, 6) is -0.265. The maximum Gasteiger partial charge on any atom is 0.261 e. The molecule has 3 rings (SSSR count). The van der Waals surface area contributed by atoms with E-state index in [9.17, 15) is 14.4 Å². The van der Waals surface area contributed by atoms with Gasteiger partial charge in [0.1, 0.15) is 5.75 Å². The van der Waals surface area contributed by atoms with Crippen LogP contribution >= 0.6 is 0 Å². The third-order valence-electron chi connectivity index (χ3n) is 4.45. The Hall–Kier alpha value is -3.15. The van der Waals surface area contributed by atoms with Crippen LogP contribution < -0.4 is 10.1 Å². The summed E-state index contributed by atoms with van der Waals surface area (Å²) in [6.45, 7) is 5.80. The zero-order valence-electron chi connectivity index (χ0n) is 15.8. The summed E-state index contributed by atoms with van der Waals surface area (Å²) in [4.78, 5) is 37.7. The van der Waals surface area contributed by atoms with Gasteiger partial charge in [-0.1, -0.05) is 12.1 Å². The maximum atomic E-state index is 12.6. The maximum absolute atomic E-state index is 12.6. The molecule has 3 amide bonds. The second-order valence-corrected chi connectivity index (χ2v) is 6.86. The second kappa shape index (κ2) is 7.23. The van der Waals surface area contributed by atoms with E-state index in [2.05, 4.69) is 5.32 Å². The number of hydrogen-bond acceptors (Lipinski definition) is 4. The molecular formula is C21H22N2O4. The summed E-state index contributed by atoms with van der Waals surface area (Å²) in [6, 6.07) is 11.9. The summed E-state index contributed by atoms with van der Waals surface area (Å²) in [7, 11) is 1.43. The molecule has 0 bridgehead atoms. The van der Waals surface area contributed by atoms with Crippen molar-refractivity contribution in [1.29, 1.82) is 0 Å². The van der Waals surface area contributed by atoms with Gasteiger partial charge in [-0.05, 0) is 56.7 Å². The van der Waals surface area contributed by atoms with Crippen molar-refractivity contribution in [2.75, 3.05) is 7.05 Å². The van der Waals surface area contributed by atoms with Crippen molar-refractivity contribution in [2.45, 2.75) is 32.9 Å². The van der Waals surface area contributed by atoms with E-state index in [-0.39, 0.29) is 29.5 Å². The Morgan fingerprint density at radius 3 is 2.22 bits per heavy atom. The van der Waals surface area contributed by atoms with Crippen molar-refractivity contribution in [3.05, 3.63) is 64.7 Å². The van der Waals surface area contributed by atoms with E-state index in [0.717, 1.165) is 16.2 Å². The number of carbonyl (C=O) groups is 3. The number of rotatable bonds is 5. The summed E-state index contributed by atoms with van der Waals surface area (Å²) in [5.41, 5.74) is 1.87. The van der Waals surface area contributed by atoms with Crippen LogP contribution in [-0.4, -0.2) is 35.8 Å². The molecule has 1 N–H and O–H groups in total. The Morgan fingerprint density at radius 2 is 1.59 bits per heavy atom. The first-order valence-corrected chi connectivity index (χ1v) is 8.82. The van der Waals surface area contributed by atoms with Crippen LogP contribution in [0.25, 0.3) is 0 Å². The van der Waals surface area contributed by atoms with Crippen molar-refractivity contribution in [1.82, 2.24) is 10.2 Å². The smallest absolute Gasteiger partial charge is 0.261 e. The summed E-state index contributed by atoms with van der Waals surface area (Å²) < 4.78 is 5.62. The number of nitrogens with one attached hydrogen (secondary N) is 1. The molecule has 6 heteroatoms. The molecule has 2 aromatic rings. The predicted octanol–water partition coefficient (Wildman–Crippen LogP) is 3.19. The van der Waals surface area contributed by atoms with E-state index in [0.29, 0.717) is 11.1 Å². The lowest BCUT2D eigenvalue weighted by atomic mass is 10.0. The number of nitrogens with zero attached hydrogens (tertiary/aromatic N) is 1. The van der Waals surface area contributed by atoms with Crippen LogP contribution in [0.2, 0.25) is 0 Å². The molecule has 1 unspecified atom stereocenters. The number of ether oxygens (including phenoxy) is 1. The van der Waals surface area contributed by atoms with Crippen LogP contribution in [-0.2, 0) is 0 Å². The molecule has 27 heavy (non-hydrogen) atoms. The fourth-order valence-corrected chi connectivity index (χ4v) is 2.97. The monoisotopic (exact) mass is 366 g/mol. The average molecular weight is 366 g/mol. The van der Waals surface area contributed by atoms with E-state index in [1.165, 1.54) is 19.2 Å². The van der Waals surface area contributed by atoms with Gasteiger partial charge in [-0.15, -0.1) is 0 Å². The van der Waals surface area contributed by atoms with Crippen molar-refractivity contribution in [3.63, 3.8) is 0 Å². The van der Waals surface area contributed by atoms with Gasteiger partial charge in [0.15, 0.2) is 0 Å². The molecule has 6 nitrogen and oxygen atoms in total. The zero-order valence-corrected chi connectivity index (χ0v) is 15.8. The van der Waals surface area contributed by atoms with Gasteiger partial charge < -0.3 is 10.1 Å². The Bertz CT molecular complexity index is 903. The standard InChI is InChI=1S/C21H22N2O4/c1-12(2)27-16-8-5-14(6-9-16)13(3)22-19(24)15-7-10-17-18(11-15)21(26)23(4)20(17)25/h5-13H,1-4H3,(H,22,24). The van der Waals surface area contributed by atoms with Gasteiger partial charge in [0.2, 0.25) is 0 Å². The molecule has 0 saturated heterocycles. The lowest BCUT2D eigenvalue weighted by Crippen LogP contribution is -2.27. The summed E-state index contributed by atoms with van der Waals surface area (Å²) in [5, 5.41) is 2.91. The lowest BCUT2D eigenvalue weighted by molar-refractivity contribution is 0.0693. The SMILES string of the molecule is CC(C)Oc1ccc(C(C)NC(=O)c2ccc3c(c2)C(=O)N(C)C3=O)cc1. The van der Waals surface area contributed by atoms with Crippen molar-refractivity contribution in [2.24, 2.45) is 0 Å². The number of benzene rings is 2. The number of hydrogen-bond donors (Lipinski definition) is 1. The summed E-state index contributed by atoms with van der Waals surface area (Å²) in [6.07, 6.45) is 0.0985. The minimum absolute atomic E-state index is 0.0985. The first-order chi connectivity index (χ1) is 12.8. The van der Waals surface area contributed by atoms with Gasteiger partial charge in [-0.2, -0.15) is 0 Å². The highest BCUT2D eigenvalue weighted by Crippen LogP contribution is 2.23. The fraction of sp³-hybridized carbons (Fsp3) is 0.286. The Labute approximate surface area is 158 Å². The predicted molar refractivity (Wildman–Crippen MR) is 101 cm³/mol. The highest BCUT2D eigenvalue weighted by molar-refractivity contribution is 6.21. The average Bonchev–Trinajstić information content (AvgIpc) is 2.85. The number of carbonyl (C=O) groups excluding carboxylic acids is 3. The molecule has 1 aliphatic rings. The Kier molecular flexibility index (Phi) is 4.99. The van der Waals surface area contributed by atoms with Crippen LogP contribution in [0, 0.1) is 0 Å². The molecule has 0 radical (unpaired) electrons. The van der Waals surface area contributed by atoms with E-state index in [4.69, 9.17) is 4.74 Å². The molecule has 0 fully saturated rings. The van der Waals surface area contributed by atoms with E-state index in [1.807, 2.05) is 45.0 Å².